The standard InChI is InChI=1S/C13H21N3OS/c1-11-9-18-10-12(11)7-15-13(17)8-16-5-2-3-14-4-6-16/h9-10,14H,2-8H2,1H3,(H,15,17). The van der Waals surface area contributed by atoms with Gasteiger partial charge >= 0.3 is 0 Å². The molecule has 2 rings (SSSR count). The Kier molecular flexibility index (Phi) is 5.16. The van der Waals surface area contributed by atoms with Crippen molar-refractivity contribution in [2.45, 2.75) is 19.9 Å². The molecule has 1 amide bonds. The van der Waals surface area contributed by atoms with Crippen molar-refractivity contribution < 1.29 is 4.79 Å². The highest BCUT2D eigenvalue weighted by atomic mass is 32.1. The Morgan fingerprint density at radius 1 is 1.44 bits per heavy atom. The number of aryl methyl sites for hydroxylation is 1. The van der Waals surface area contributed by atoms with Crippen molar-refractivity contribution in [2.24, 2.45) is 0 Å². The molecule has 5 heteroatoms. The quantitative estimate of drug-likeness (QED) is 0.854. The fourth-order valence-electron chi connectivity index (χ4n) is 2.08. The van der Waals surface area contributed by atoms with Gasteiger partial charge in [0.25, 0.3) is 0 Å². The van der Waals surface area contributed by atoms with Crippen molar-refractivity contribution in [2.75, 3.05) is 32.7 Å². The largest absolute Gasteiger partial charge is 0.351 e. The molecule has 1 aliphatic heterocycles. The Morgan fingerprint density at radius 2 is 2.33 bits per heavy atom. The minimum atomic E-state index is 0.127. The molecular weight excluding hydrogens is 246 g/mol. The molecule has 0 bridgehead atoms. The van der Waals surface area contributed by atoms with E-state index in [1.165, 1.54) is 11.1 Å². The molecule has 100 valence electrons. The van der Waals surface area contributed by atoms with Gasteiger partial charge in [0.15, 0.2) is 0 Å². The zero-order valence-electron chi connectivity index (χ0n) is 10.9. The van der Waals surface area contributed by atoms with Crippen LogP contribution in [0.15, 0.2) is 10.8 Å². The second kappa shape index (κ2) is 6.87. The van der Waals surface area contributed by atoms with E-state index in [4.69, 9.17) is 0 Å². The van der Waals surface area contributed by atoms with Crippen LogP contribution in [0, 0.1) is 6.92 Å². The first-order valence-corrected chi connectivity index (χ1v) is 7.41. The van der Waals surface area contributed by atoms with Crippen molar-refractivity contribution in [3.8, 4) is 0 Å². The summed E-state index contributed by atoms with van der Waals surface area (Å²) in [6, 6.07) is 0. The number of carbonyl (C=O) groups is 1. The molecule has 1 saturated heterocycles. The van der Waals surface area contributed by atoms with E-state index >= 15 is 0 Å². The van der Waals surface area contributed by atoms with Crippen LogP contribution in [0.5, 0.6) is 0 Å². The molecule has 0 saturated carbocycles. The van der Waals surface area contributed by atoms with Gasteiger partial charge in [0.2, 0.25) is 5.91 Å². The van der Waals surface area contributed by atoms with Crippen LogP contribution in [0.1, 0.15) is 17.5 Å². The Balaban J connectivity index is 1.73. The number of hydrogen-bond acceptors (Lipinski definition) is 4. The Hall–Kier alpha value is -0.910. The molecule has 0 radical (unpaired) electrons. The molecule has 2 N–H and O–H groups in total. The van der Waals surface area contributed by atoms with E-state index in [9.17, 15) is 4.79 Å². The van der Waals surface area contributed by atoms with Crippen LogP contribution in [0.2, 0.25) is 0 Å². The summed E-state index contributed by atoms with van der Waals surface area (Å²) in [5, 5.41) is 10.6. The average molecular weight is 267 g/mol. The summed E-state index contributed by atoms with van der Waals surface area (Å²) in [5.74, 6) is 0.127. The van der Waals surface area contributed by atoms with Gasteiger partial charge in [-0.25, -0.2) is 0 Å². The normalized spacial score (nSPS) is 17.4. The van der Waals surface area contributed by atoms with Crippen LogP contribution < -0.4 is 10.6 Å². The highest BCUT2D eigenvalue weighted by molar-refractivity contribution is 7.08. The van der Waals surface area contributed by atoms with E-state index in [-0.39, 0.29) is 5.91 Å². The van der Waals surface area contributed by atoms with Gasteiger partial charge in [0.1, 0.15) is 0 Å². The minimum Gasteiger partial charge on any atom is -0.351 e. The van der Waals surface area contributed by atoms with Crippen molar-refractivity contribution in [3.05, 3.63) is 21.9 Å². The molecule has 0 aromatic carbocycles. The fraction of sp³-hybridized carbons (Fsp3) is 0.615. The molecule has 2 heterocycles. The molecule has 0 unspecified atom stereocenters. The van der Waals surface area contributed by atoms with Crippen molar-refractivity contribution >= 4 is 17.2 Å². The number of amides is 1. The van der Waals surface area contributed by atoms with E-state index in [2.05, 4.69) is 33.2 Å². The summed E-state index contributed by atoms with van der Waals surface area (Å²) in [6.07, 6.45) is 1.12. The van der Waals surface area contributed by atoms with Crippen LogP contribution in [0.25, 0.3) is 0 Å². The molecule has 0 atom stereocenters. The smallest absolute Gasteiger partial charge is 0.234 e. The zero-order valence-corrected chi connectivity index (χ0v) is 11.7. The van der Waals surface area contributed by atoms with E-state index in [0.29, 0.717) is 13.1 Å². The molecule has 1 aliphatic rings. The van der Waals surface area contributed by atoms with Gasteiger partial charge < -0.3 is 10.6 Å². The van der Waals surface area contributed by atoms with Crippen molar-refractivity contribution in [1.29, 1.82) is 0 Å². The Bertz CT molecular complexity index is 383. The van der Waals surface area contributed by atoms with E-state index in [1.807, 2.05) is 0 Å². The first kappa shape index (κ1) is 13.5. The number of nitrogens with zero attached hydrogens (tertiary/aromatic N) is 1. The maximum atomic E-state index is 11.9. The third-order valence-corrected chi connectivity index (χ3v) is 4.15. The SMILES string of the molecule is Cc1cscc1CNC(=O)CN1CCCNCC1. The van der Waals surface area contributed by atoms with Gasteiger partial charge in [0, 0.05) is 19.6 Å². The maximum Gasteiger partial charge on any atom is 0.234 e. The van der Waals surface area contributed by atoms with Gasteiger partial charge in [-0.15, -0.1) is 0 Å². The lowest BCUT2D eigenvalue weighted by atomic mass is 10.2. The minimum absolute atomic E-state index is 0.127. The van der Waals surface area contributed by atoms with Crippen LogP contribution in [0.3, 0.4) is 0 Å². The van der Waals surface area contributed by atoms with Gasteiger partial charge in [0.05, 0.1) is 6.54 Å². The summed E-state index contributed by atoms with van der Waals surface area (Å²) in [4.78, 5) is 14.1. The lowest BCUT2D eigenvalue weighted by Crippen LogP contribution is -2.38. The van der Waals surface area contributed by atoms with Crippen LogP contribution in [-0.4, -0.2) is 43.5 Å². The summed E-state index contributed by atoms with van der Waals surface area (Å²) in [6.45, 7) is 7.27. The number of rotatable bonds is 4. The molecule has 1 fully saturated rings. The number of hydrogen-bond donors (Lipinski definition) is 2. The monoisotopic (exact) mass is 267 g/mol. The first-order chi connectivity index (χ1) is 8.75. The number of nitrogens with one attached hydrogen (secondary N) is 2. The lowest BCUT2D eigenvalue weighted by Gasteiger charge is -2.18. The predicted molar refractivity (Wildman–Crippen MR) is 74.8 cm³/mol. The van der Waals surface area contributed by atoms with E-state index < -0.39 is 0 Å². The fourth-order valence-corrected chi connectivity index (χ4v) is 2.94. The van der Waals surface area contributed by atoms with Crippen LogP contribution in [0.4, 0.5) is 0 Å². The second-order valence-electron chi connectivity index (χ2n) is 4.74. The molecule has 4 nitrogen and oxygen atoms in total. The summed E-state index contributed by atoms with van der Waals surface area (Å²) in [5.41, 5.74) is 2.49. The average Bonchev–Trinajstić information content (AvgIpc) is 2.61. The van der Waals surface area contributed by atoms with E-state index in [0.717, 1.165) is 32.6 Å². The predicted octanol–water partition coefficient (Wildman–Crippen LogP) is 0.968. The summed E-state index contributed by atoms with van der Waals surface area (Å²) in [7, 11) is 0. The van der Waals surface area contributed by atoms with Gasteiger partial charge in [-0.3, -0.25) is 9.69 Å². The Labute approximate surface area is 112 Å². The Morgan fingerprint density at radius 3 is 3.11 bits per heavy atom. The molecule has 1 aromatic heterocycles. The van der Waals surface area contributed by atoms with Crippen LogP contribution in [-0.2, 0) is 11.3 Å². The second-order valence-corrected chi connectivity index (χ2v) is 5.48. The lowest BCUT2D eigenvalue weighted by molar-refractivity contribution is -0.122. The topological polar surface area (TPSA) is 44.4 Å². The number of carbonyl (C=O) groups excluding carboxylic acids is 1. The third kappa shape index (κ3) is 4.08. The summed E-state index contributed by atoms with van der Waals surface area (Å²) < 4.78 is 0. The highest BCUT2D eigenvalue weighted by Crippen LogP contribution is 2.12. The zero-order chi connectivity index (χ0) is 12.8. The number of thiophene rings is 1. The molecule has 18 heavy (non-hydrogen) atoms. The molecule has 0 spiro atoms. The van der Waals surface area contributed by atoms with Gasteiger partial charge in [-0.2, -0.15) is 11.3 Å². The molecular formula is C13H21N3OS. The van der Waals surface area contributed by atoms with E-state index in [1.54, 1.807) is 11.3 Å². The summed E-state index contributed by atoms with van der Waals surface area (Å²) >= 11 is 1.69. The first-order valence-electron chi connectivity index (χ1n) is 6.47. The maximum absolute atomic E-state index is 11.9. The third-order valence-electron chi connectivity index (χ3n) is 3.24. The highest BCUT2D eigenvalue weighted by Gasteiger charge is 2.12. The van der Waals surface area contributed by atoms with Gasteiger partial charge in [-0.05, 0) is 48.3 Å². The van der Waals surface area contributed by atoms with Gasteiger partial charge in [-0.1, -0.05) is 0 Å². The molecule has 0 aliphatic carbocycles. The molecule has 1 aromatic rings. The van der Waals surface area contributed by atoms with Crippen molar-refractivity contribution in [3.63, 3.8) is 0 Å². The van der Waals surface area contributed by atoms with Crippen molar-refractivity contribution in [1.82, 2.24) is 15.5 Å². The van der Waals surface area contributed by atoms with Crippen LogP contribution >= 0.6 is 11.3 Å².